The van der Waals surface area contributed by atoms with E-state index in [1.807, 2.05) is 0 Å². The standard InChI is InChI=1S/C11H14O4S/c1-7(12)4-8-6-16(14,15)11-3-2-9(13)5-10(8)11/h2-3,5,7-8,12-13H,4,6H2,1H3. The molecule has 4 nitrogen and oxygen atoms in total. The number of hydrogen-bond donors (Lipinski definition) is 2. The lowest BCUT2D eigenvalue weighted by molar-refractivity contribution is 0.177. The second kappa shape index (κ2) is 3.75. The molecule has 0 aromatic heterocycles. The van der Waals surface area contributed by atoms with Gasteiger partial charge in [-0.15, -0.1) is 0 Å². The molecular formula is C11H14O4S. The smallest absolute Gasteiger partial charge is 0.179 e. The average Bonchev–Trinajstić information content (AvgIpc) is 2.37. The Kier molecular flexibility index (Phi) is 2.67. The number of fused-ring (bicyclic) bond motifs is 1. The highest BCUT2D eigenvalue weighted by Crippen LogP contribution is 2.39. The minimum absolute atomic E-state index is 0.0245. The molecule has 16 heavy (non-hydrogen) atoms. The van der Waals surface area contributed by atoms with Gasteiger partial charge in [0, 0.05) is 5.92 Å². The third kappa shape index (κ3) is 1.92. The predicted molar refractivity (Wildman–Crippen MR) is 59.2 cm³/mol. The number of benzene rings is 1. The fourth-order valence-electron chi connectivity index (χ4n) is 2.19. The van der Waals surface area contributed by atoms with Crippen molar-refractivity contribution in [3.05, 3.63) is 23.8 Å². The van der Waals surface area contributed by atoms with Crippen molar-refractivity contribution in [3.63, 3.8) is 0 Å². The molecule has 0 bridgehead atoms. The van der Waals surface area contributed by atoms with E-state index >= 15 is 0 Å². The lowest BCUT2D eigenvalue weighted by atomic mass is 9.95. The predicted octanol–water partition coefficient (Wildman–Crippen LogP) is 1.03. The third-order valence-electron chi connectivity index (χ3n) is 2.81. The van der Waals surface area contributed by atoms with E-state index in [1.54, 1.807) is 6.92 Å². The molecule has 0 amide bonds. The Morgan fingerprint density at radius 1 is 1.50 bits per heavy atom. The number of aliphatic hydroxyl groups is 1. The Hall–Kier alpha value is -1.07. The van der Waals surface area contributed by atoms with Gasteiger partial charge < -0.3 is 10.2 Å². The van der Waals surface area contributed by atoms with Crippen LogP contribution in [0.25, 0.3) is 0 Å². The van der Waals surface area contributed by atoms with Gasteiger partial charge in [0.15, 0.2) is 9.84 Å². The fourth-order valence-corrected chi connectivity index (χ4v) is 4.07. The van der Waals surface area contributed by atoms with Crippen LogP contribution < -0.4 is 0 Å². The third-order valence-corrected chi connectivity index (χ3v) is 4.70. The van der Waals surface area contributed by atoms with E-state index in [0.29, 0.717) is 12.0 Å². The first kappa shape index (κ1) is 11.4. The highest BCUT2D eigenvalue weighted by molar-refractivity contribution is 7.91. The number of aromatic hydroxyl groups is 1. The second-order valence-electron chi connectivity index (χ2n) is 4.29. The highest BCUT2D eigenvalue weighted by Gasteiger charge is 2.35. The normalized spacial score (nSPS) is 24.0. The highest BCUT2D eigenvalue weighted by atomic mass is 32.2. The molecule has 1 heterocycles. The minimum atomic E-state index is -3.24. The van der Waals surface area contributed by atoms with Crippen LogP contribution in [0.4, 0.5) is 0 Å². The molecule has 0 saturated heterocycles. The molecule has 1 aromatic rings. The number of aliphatic hydroxyl groups excluding tert-OH is 1. The molecule has 1 aliphatic rings. The number of hydrogen-bond acceptors (Lipinski definition) is 4. The van der Waals surface area contributed by atoms with Crippen LogP contribution in [-0.4, -0.2) is 30.5 Å². The van der Waals surface area contributed by atoms with Crippen molar-refractivity contribution in [2.75, 3.05) is 5.75 Å². The first-order valence-corrected chi connectivity index (χ1v) is 6.79. The Morgan fingerprint density at radius 2 is 2.19 bits per heavy atom. The summed E-state index contributed by atoms with van der Waals surface area (Å²) in [5, 5.41) is 18.7. The van der Waals surface area contributed by atoms with Crippen LogP contribution in [0.1, 0.15) is 24.8 Å². The molecule has 1 aromatic carbocycles. The maximum atomic E-state index is 11.8. The van der Waals surface area contributed by atoms with Crippen molar-refractivity contribution < 1.29 is 18.6 Å². The van der Waals surface area contributed by atoms with Gasteiger partial charge >= 0.3 is 0 Å². The zero-order valence-electron chi connectivity index (χ0n) is 8.92. The van der Waals surface area contributed by atoms with Crippen molar-refractivity contribution in [2.24, 2.45) is 0 Å². The fraction of sp³-hybridized carbons (Fsp3) is 0.455. The van der Waals surface area contributed by atoms with Crippen molar-refractivity contribution in [2.45, 2.75) is 30.3 Å². The summed E-state index contributed by atoms with van der Waals surface area (Å²) in [5.41, 5.74) is 0.626. The molecule has 2 rings (SSSR count). The molecule has 1 aliphatic heterocycles. The van der Waals surface area contributed by atoms with E-state index < -0.39 is 15.9 Å². The number of rotatable bonds is 2. The van der Waals surface area contributed by atoms with Crippen LogP contribution in [0.2, 0.25) is 0 Å². The average molecular weight is 242 g/mol. The molecule has 0 fully saturated rings. The summed E-state index contributed by atoms with van der Waals surface area (Å²) in [4.78, 5) is 0.288. The van der Waals surface area contributed by atoms with Gasteiger partial charge in [0.25, 0.3) is 0 Å². The molecule has 5 heteroatoms. The summed E-state index contributed by atoms with van der Waals surface area (Å²) < 4.78 is 23.6. The Labute approximate surface area is 94.5 Å². The number of sulfone groups is 1. The van der Waals surface area contributed by atoms with Crippen LogP contribution in [-0.2, 0) is 9.84 Å². The van der Waals surface area contributed by atoms with E-state index in [2.05, 4.69) is 0 Å². The van der Waals surface area contributed by atoms with Crippen LogP contribution in [0.3, 0.4) is 0 Å². The quantitative estimate of drug-likeness (QED) is 0.812. The van der Waals surface area contributed by atoms with Crippen LogP contribution in [0.5, 0.6) is 5.75 Å². The van der Waals surface area contributed by atoms with Gasteiger partial charge in [-0.2, -0.15) is 0 Å². The van der Waals surface area contributed by atoms with Crippen molar-refractivity contribution in [1.82, 2.24) is 0 Å². The topological polar surface area (TPSA) is 74.6 Å². The van der Waals surface area contributed by atoms with E-state index in [1.165, 1.54) is 18.2 Å². The van der Waals surface area contributed by atoms with Crippen LogP contribution >= 0.6 is 0 Å². The van der Waals surface area contributed by atoms with Crippen molar-refractivity contribution in [3.8, 4) is 5.75 Å². The number of phenolic OH excluding ortho intramolecular Hbond substituents is 1. The monoisotopic (exact) mass is 242 g/mol. The molecule has 2 atom stereocenters. The molecular weight excluding hydrogens is 228 g/mol. The zero-order valence-corrected chi connectivity index (χ0v) is 9.74. The summed E-state index contributed by atoms with van der Waals surface area (Å²) in [5.74, 6) is -0.130. The molecule has 0 radical (unpaired) electrons. The maximum absolute atomic E-state index is 11.8. The Morgan fingerprint density at radius 3 is 2.81 bits per heavy atom. The second-order valence-corrected chi connectivity index (χ2v) is 6.29. The summed E-state index contributed by atoms with van der Waals surface area (Å²) in [6.45, 7) is 1.63. The van der Waals surface area contributed by atoms with Gasteiger partial charge in [0.1, 0.15) is 5.75 Å². The Bertz CT molecular complexity index is 505. The van der Waals surface area contributed by atoms with E-state index in [-0.39, 0.29) is 22.3 Å². The summed E-state index contributed by atoms with van der Waals surface area (Å²) in [7, 11) is -3.24. The van der Waals surface area contributed by atoms with Gasteiger partial charge in [0.05, 0.1) is 16.8 Å². The molecule has 88 valence electrons. The van der Waals surface area contributed by atoms with Gasteiger partial charge in [0.2, 0.25) is 0 Å². The Balaban J connectivity index is 2.48. The van der Waals surface area contributed by atoms with E-state index in [0.717, 1.165) is 0 Å². The molecule has 2 unspecified atom stereocenters. The van der Waals surface area contributed by atoms with E-state index in [4.69, 9.17) is 0 Å². The number of phenols is 1. The molecule has 0 spiro atoms. The van der Waals surface area contributed by atoms with Gasteiger partial charge in [-0.1, -0.05) is 0 Å². The molecule has 2 N–H and O–H groups in total. The van der Waals surface area contributed by atoms with Gasteiger partial charge in [-0.25, -0.2) is 8.42 Å². The largest absolute Gasteiger partial charge is 0.508 e. The minimum Gasteiger partial charge on any atom is -0.508 e. The zero-order chi connectivity index (χ0) is 11.9. The molecule has 0 saturated carbocycles. The van der Waals surface area contributed by atoms with Gasteiger partial charge in [-0.3, -0.25) is 0 Å². The first-order chi connectivity index (χ1) is 7.40. The first-order valence-electron chi connectivity index (χ1n) is 5.14. The summed E-state index contributed by atoms with van der Waals surface area (Å²) >= 11 is 0. The summed E-state index contributed by atoms with van der Waals surface area (Å²) in [6, 6.07) is 4.29. The SMILES string of the molecule is CC(O)CC1CS(=O)(=O)c2ccc(O)cc21. The van der Waals surface area contributed by atoms with Crippen molar-refractivity contribution in [1.29, 1.82) is 0 Å². The lowest BCUT2D eigenvalue weighted by Crippen LogP contribution is -2.10. The van der Waals surface area contributed by atoms with E-state index in [9.17, 15) is 18.6 Å². The molecule has 0 aliphatic carbocycles. The van der Waals surface area contributed by atoms with Crippen molar-refractivity contribution >= 4 is 9.84 Å². The van der Waals surface area contributed by atoms with Crippen LogP contribution in [0.15, 0.2) is 23.1 Å². The maximum Gasteiger partial charge on any atom is 0.179 e. The summed E-state index contributed by atoms with van der Waals surface area (Å²) in [6.07, 6.45) is -0.149. The lowest BCUT2D eigenvalue weighted by Gasteiger charge is -2.11. The van der Waals surface area contributed by atoms with Crippen LogP contribution in [0, 0.1) is 0 Å². The van der Waals surface area contributed by atoms with Gasteiger partial charge in [-0.05, 0) is 37.1 Å².